The molecule has 0 aliphatic carbocycles. The molecule has 0 saturated carbocycles. The maximum atomic E-state index is 4.75. The number of aromatic nitrogens is 1. The number of hydrogen-bond acceptors (Lipinski definition) is 4. The fraction of sp³-hybridized carbons (Fsp3) is 0.636. The second kappa shape index (κ2) is 8.92. The van der Waals surface area contributed by atoms with Gasteiger partial charge in [-0.3, -0.25) is 4.99 Å². The van der Waals surface area contributed by atoms with Crippen LogP contribution in [0.2, 0.25) is 0 Å². The molecule has 0 aliphatic heterocycles. The first-order valence-corrected chi connectivity index (χ1v) is 7.09. The molecule has 96 valence electrons. The highest BCUT2D eigenvalue weighted by molar-refractivity contribution is 7.98. The van der Waals surface area contributed by atoms with Crippen LogP contribution in [0.3, 0.4) is 0 Å². The van der Waals surface area contributed by atoms with Gasteiger partial charge in [-0.1, -0.05) is 5.16 Å². The number of hydrogen-bond donors (Lipinski definition) is 2. The molecule has 0 spiro atoms. The van der Waals surface area contributed by atoms with Crippen molar-refractivity contribution in [1.29, 1.82) is 0 Å². The topological polar surface area (TPSA) is 62.5 Å². The number of rotatable bonds is 7. The Bertz CT molecular complexity index is 313. The van der Waals surface area contributed by atoms with Crippen LogP contribution >= 0.6 is 11.8 Å². The van der Waals surface area contributed by atoms with Gasteiger partial charge in [0.2, 0.25) is 0 Å². The summed E-state index contributed by atoms with van der Waals surface area (Å²) in [5.41, 5.74) is 0.871. The van der Waals surface area contributed by atoms with Crippen LogP contribution in [-0.2, 0) is 6.54 Å². The monoisotopic (exact) mass is 256 g/mol. The van der Waals surface area contributed by atoms with Gasteiger partial charge < -0.3 is 15.2 Å². The van der Waals surface area contributed by atoms with E-state index in [2.05, 4.69) is 27.0 Å². The van der Waals surface area contributed by atoms with Gasteiger partial charge in [-0.25, -0.2) is 0 Å². The van der Waals surface area contributed by atoms with Crippen molar-refractivity contribution < 1.29 is 4.52 Å². The average molecular weight is 256 g/mol. The van der Waals surface area contributed by atoms with Crippen molar-refractivity contribution in [3.05, 3.63) is 18.0 Å². The third-order valence-corrected chi connectivity index (χ3v) is 2.92. The molecule has 17 heavy (non-hydrogen) atoms. The Hall–Kier alpha value is -1.17. The molecule has 0 saturated heterocycles. The Balaban J connectivity index is 2.12. The van der Waals surface area contributed by atoms with Crippen molar-refractivity contribution in [2.75, 3.05) is 25.6 Å². The van der Waals surface area contributed by atoms with E-state index in [4.69, 9.17) is 4.52 Å². The average Bonchev–Trinajstić information content (AvgIpc) is 2.86. The fourth-order valence-corrected chi connectivity index (χ4v) is 1.79. The van der Waals surface area contributed by atoms with Crippen LogP contribution in [0.25, 0.3) is 0 Å². The smallest absolute Gasteiger partial charge is 0.191 e. The van der Waals surface area contributed by atoms with E-state index >= 15 is 0 Å². The van der Waals surface area contributed by atoms with Crippen molar-refractivity contribution in [2.45, 2.75) is 19.4 Å². The Kier molecular flexibility index (Phi) is 7.29. The number of thioether (sulfide) groups is 1. The second-order valence-electron chi connectivity index (χ2n) is 3.54. The van der Waals surface area contributed by atoms with Crippen molar-refractivity contribution in [3.63, 3.8) is 0 Å². The summed E-state index contributed by atoms with van der Waals surface area (Å²) in [5, 5.41) is 10.3. The summed E-state index contributed by atoms with van der Waals surface area (Å²) in [6.07, 6.45) is 6.08. The minimum Gasteiger partial charge on any atom is -0.364 e. The van der Waals surface area contributed by atoms with Crippen LogP contribution in [0, 0.1) is 0 Å². The zero-order valence-corrected chi connectivity index (χ0v) is 11.2. The Morgan fingerprint density at radius 3 is 3.00 bits per heavy atom. The van der Waals surface area contributed by atoms with E-state index in [1.54, 1.807) is 13.3 Å². The molecule has 2 N–H and O–H groups in total. The van der Waals surface area contributed by atoms with E-state index in [0.717, 1.165) is 24.6 Å². The lowest BCUT2D eigenvalue weighted by molar-refractivity contribution is 0.410. The number of nitrogens with zero attached hydrogens (tertiary/aromatic N) is 2. The first kappa shape index (κ1) is 13.9. The van der Waals surface area contributed by atoms with E-state index < -0.39 is 0 Å². The quantitative estimate of drug-likeness (QED) is 0.439. The maximum Gasteiger partial charge on any atom is 0.191 e. The Morgan fingerprint density at radius 1 is 1.47 bits per heavy atom. The summed E-state index contributed by atoms with van der Waals surface area (Å²) in [7, 11) is 1.76. The highest BCUT2D eigenvalue weighted by atomic mass is 32.2. The van der Waals surface area contributed by atoms with E-state index in [1.807, 2.05) is 17.8 Å². The van der Waals surface area contributed by atoms with Gasteiger partial charge in [0.1, 0.15) is 12.0 Å². The molecule has 1 heterocycles. The largest absolute Gasteiger partial charge is 0.364 e. The lowest BCUT2D eigenvalue weighted by Crippen LogP contribution is -2.37. The molecule has 0 aromatic carbocycles. The van der Waals surface area contributed by atoms with E-state index in [0.29, 0.717) is 6.54 Å². The zero-order valence-electron chi connectivity index (χ0n) is 10.4. The third kappa shape index (κ3) is 6.21. The van der Waals surface area contributed by atoms with Crippen LogP contribution in [0.5, 0.6) is 0 Å². The minimum absolute atomic E-state index is 0.626. The summed E-state index contributed by atoms with van der Waals surface area (Å²) in [5.74, 6) is 2.02. The van der Waals surface area contributed by atoms with Gasteiger partial charge in [0.25, 0.3) is 0 Å². The standard InChI is InChI=1S/C11H20N4OS/c1-12-11(13-6-3-4-8-17-2)14-9-10-5-7-16-15-10/h5,7H,3-4,6,8-9H2,1-2H3,(H2,12,13,14). The first-order chi connectivity index (χ1) is 8.36. The summed E-state index contributed by atoms with van der Waals surface area (Å²) in [6.45, 7) is 1.57. The number of guanidine groups is 1. The van der Waals surface area contributed by atoms with Crippen molar-refractivity contribution in [3.8, 4) is 0 Å². The molecule has 1 rings (SSSR count). The maximum absolute atomic E-state index is 4.75. The lowest BCUT2D eigenvalue weighted by atomic mass is 10.3. The number of unbranched alkanes of at least 4 members (excludes halogenated alkanes) is 1. The fourth-order valence-electron chi connectivity index (χ4n) is 1.30. The molecule has 6 heteroatoms. The van der Waals surface area contributed by atoms with Crippen LogP contribution in [0.4, 0.5) is 0 Å². The molecular formula is C11H20N4OS. The lowest BCUT2D eigenvalue weighted by Gasteiger charge is -2.10. The summed E-state index contributed by atoms with van der Waals surface area (Å²) >= 11 is 1.88. The van der Waals surface area contributed by atoms with Crippen LogP contribution < -0.4 is 10.6 Å². The molecule has 0 amide bonds. The van der Waals surface area contributed by atoms with Crippen molar-refractivity contribution in [2.24, 2.45) is 4.99 Å². The molecule has 0 atom stereocenters. The van der Waals surface area contributed by atoms with Crippen molar-refractivity contribution >= 4 is 17.7 Å². The highest BCUT2D eigenvalue weighted by Crippen LogP contribution is 1.97. The molecule has 0 fully saturated rings. The van der Waals surface area contributed by atoms with Gasteiger partial charge in [0.15, 0.2) is 5.96 Å². The SMILES string of the molecule is CN=C(NCCCCSC)NCc1ccon1. The summed E-state index contributed by atoms with van der Waals surface area (Å²) in [6, 6.07) is 1.83. The van der Waals surface area contributed by atoms with Gasteiger partial charge in [-0.15, -0.1) is 0 Å². The van der Waals surface area contributed by atoms with Gasteiger partial charge >= 0.3 is 0 Å². The molecule has 1 aromatic rings. The predicted molar refractivity (Wildman–Crippen MR) is 72.3 cm³/mol. The molecule has 5 nitrogen and oxygen atoms in total. The molecule has 0 aliphatic rings. The normalized spacial score (nSPS) is 11.5. The molecular weight excluding hydrogens is 236 g/mol. The van der Waals surface area contributed by atoms with Crippen LogP contribution in [-0.4, -0.2) is 36.7 Å². The number of nitrogens with one attached hydrogen (secondary N) is 2. The molecule has 0 unspecified atom stereocenters. The predicted octanol–water partition coefficient (Wildman–Crippen LogP) is 1.48. The van der Waals surface area contributed by atoms with Gasteiger partial charge in [0, 0.05) is 19.7 Å². The third-order valence-electron chi connectivity index (χ3n) is 2.22. The van der Waals surface area contributed by atoms with Crippen LogP contribution in [0.15, 0.2) is 21.8 Å². The summed E-state index contributed by atoms with van der Waals surface area (Å²) < 4.78 is 4.75. The Labute approximate surface area is 106 Å². The van der Waals surface area contributed by atoms with Gasteiger partial charge in [-0.2, -0.15) is 11.8 Å². The highest BCUT2D eigenvalue weighted by Gasteiger charge is 1.99. The second-order valence-corrected chi connectivity index (χ2v) is 4.53. The molecule has 0 bridgehead atoms. The molecule has 1 aromatic heterocycles. The van der Waals surface area contributed by atoms with Crippen molar-refractivity contribution in [1.82, 2.24) is 15.8 Å². The van der Waals surface area contributed by atoms with Gasteiger partial charge in [0.05, 0.1) is 6.54 Å². The molecule has 0 radical (unpaired) electrons. The van der Waals surface area contributed by atoms with E-state index in [1.165, 1.54) is 12.2 Å². The minimum atomic E-state index is 0.626. The van der Waals surface area contributed by atoms with E-state index in [9.17, 15) is 0 Å². The number of aliphatic imine (C=N–C) groups is 1. The first-order valence-electron chi connectivity index (χ1n) is 5.69. The Morgan fingerprint density at radius 2 is 2.35 bits per heavy atom. The summed E-state index contributed by atoms with van der Waals surface area (Å²) in [4.78, 5) is 4.14. The van der Waals surface area contributed by atoms with Gasteiger partial charge in [-0.05, 0) is 24.9 Å². The zero-order chi connectivity index (χ0) is 12.3. The van der Waals surface area contributed by atoms with E-state index in [-0.39, 0.29) is 0 Å². The van der Waals surface area contributed by atoms with Crippen LogP contribution in [0.1, 0.15) is 18.5 Å².